The van der Waals surface area contributed by atoms with Crippen LogP contribution >= 0.6 is 0 Å². The highest BCUT2D eigenvalue weighted by Gasteiger charge is 2.29. The van der Waals surface area contributed by atoms with Gasteiger partial charge in [0.25, 0.3) is 0 Å². The fourth-order valence-electron chi connectivity index (χ4n) is 1.66. The van der Waals surface area contributed by atoms with E-state index in [-0.39, 0.29) is 6.03 Å². The van der Waals surface area contributed by atoms with Gasteiger partial charge in [0.05, 0.1) is 0 Å². The van der Waals surface area contributed by atoms with Crippen LogP contribution < -0.4 is 5.32 Å². The Bertz CT molecular complexity index is 191. The Morgan fingerprint density at radius 2 is 2.25 bits per heavy atom. The van der Waals surface area contributed by atoms with Gasteiger partial charge in [0.1, 0.15) is 0 Å². The van der Waals surface area contributed by atoms with Crippen molar-refractivity contribution in [2.45, 2.75) is 0 Å². The number of carbonyl (C=O) groups excluding carboxylic acids is 1. The zero-order valence-electron chi connectivity index (χ0n) is 7.42. The van der Waals surface area contributed by atoms with Crippen molar-refractivity contribution in [3.63, 3.8) is 0 Å². The van der Waals surface area contributed by atoms with Crippen LogP contribution in [0, 0.1) is 5.92 Å². The van der Waals surface area contributed by atoms with Gasteiger partial charge in [-0.15, -0.1) is 0 Å². The van der Waals surface area contributed by atoms with Crippen molar-refractivity contribution >= 4 is 6.03 Å². The predicted molar refractivity (Wildman–Crippen MR) is 46.0 cm³/mol. The van der Waals surface area contributed by atoms with E-state index in [0.29, 0.717) is 5.92 Å². The third-order valence-corrected chi connectivity index (χ3v) is 2.65. The fraction of sp³-hybridized carbons (Fsp3) is 0.875. The first-order chi connectivity index (χ1) is 5.77. The summed E-state index contributed by atoms with van der Waals surface area (Å²) in [6, 6.07) is 0.196. The molecule has 0 aromatic heterocycles. The molecule has 2 saturated heterocycles. The van der Waals surface area contributed by atoms with E-state index in [1.54, 1.807) is 4.90 Å². The average Bonchev–Trinajstić information content (AvgIpc) is 2.27. The number of urea groups is 1. The molecule has 1 N–H and O–H groups in total. The summed E-state index contributed by atoms with van der Waals surface area (Å²) in [7, 11) is 1.86. The molecular formula is C8H15N3O. The van der Waals surface area contributed by atoms with Crippen LogP contribution in [0.5, 0.6) is 0 Å². The molecule has 0 spiro atoms. The van der Waals surface area contributed by atoms with Crippen molar-refractivity contribution in [3.8, 4) is 0 Å². The van der Waals surface area contributed by atoms with Crippen LogP contribution in [0.3, 0.4) is 0 Å². The molecule has 2 rings (SSSR count). The summed E-state index contributed by atoms with van der Waals surface area (Å²) in [5, 5.41) is 3.21. The van der Waals surface area contributed by atoms with E-state index in [1.165, 1.54) is 0 Å². The van der Waals surface area contributed by atoms with E-state index < -0.39 is 0 Å². The molecule has 0 aromatic rings. The quantitative estimate of drug-likeness (QED) is 0.609. The molecule has 68 valence electrons. The molecule has 0 atom stereocenters. The summed E-state index contributed by atoms with van der Waals surface area (Å²) in [5.41, 5.74) is 0. The molecule has 0 saturated carbocycles. The van der Waals surface area contributed by atoms with Gasteiger partial charge in [0.2, 0.25) is 0 Å². The van der Waals surface area contributed by atoms with Crippen molar-refractivity contribution in [1.82, 2.24) is 15.1 Å². The molecular weight excluding hydrogens is 154 g/mol. The van der Waals surface area contributed by atoms with Crippen LogP contribution in [0.25, 0.3) is 0 Å². The standard InChI is InChI=1S/C8H15N3O/c1-10-2-3-11(8(10)12)6-7-4-9-5-7/h7,9H,2-6H2,1H3. The Balaban J connectivity index is 1.83. The van der Waals surface area contributed by atoms with E-state index in [2.05, 4.69) is 5.32 Å². The zero-order chi connectivity index (χ0) is 8.55. The molecule has 4 heteroatoms. The second kappa shape index (κ2) is 2.94. The smallest absolute Gasteiger partial charge is 0.319 e. The Morgan fingerprint density at radius 3 is 2.67 bits per heavy atom. The first-order valence-electron chi connectivity index (χ1n) is 4.48. The molecule has 2 amide bonds. The van der Waals surface area contributed by atoms with Crippen LogP contribution in [0.4, 0.5) is 4.79 Å². The van der Waals surface area contributed by atoms with E-state index in [1.807, 2.05) is 11.9 Å². The van der Waals surface area contributed by atoms with Gasteiger partial charge in [-0.05, 0) is 0 Å². The minimum atomic E-state index is 0.196. The number of rotatable bonds is 2. The number of likely N-dealkylation sites (N-methyl/N-ethyl adjacent to an activating group) is 1. The summed E-state index contributed by atoms with van der Waals surface area (Å²) in [4.78, 5) is 15.1. The highest BCUT2D eigenvalue weighted by molar-refractivity contribution is 5.76. The van der Waals surface area contributed by atoms with Crippen LogP contribution in [0.1, 0.15) is 0 Å². The Kier molecular flexibility index (Phi) is 1.92. The SMILES string of the molecule is CN1CCN(CC2CNC2)C1=O. The van der Waals surface area contributed by atoms with Crippen molar-refractivity contribution in [2.75, 3.05) is 39.8 Å². The molecule has 2 heterocycles. The number of carbonyl (C=O) groups is 1. The van der Waals surface area contributed by atoms with Crippen LogP contribution in [-0.4, -0.2) is 55.6 Å². The Labute approximate surface area is 72.5 Å². The molecule has 2 aliphatic rings. The van der Waals surface area contributed by atoms with Gasteiger partial charge in [-0.1, -0.05) is 0 Å². The molecule has 2 fully saturated rings. The number of nitrogens with zero attached hydrogens (tertiary/aromatic N) is 2. The maximum atomic E-state index is 11.4. The van der Waals surface area contributed by atoms with Gasteiger partial charge in [-0.25, -0.2) is 4.79 Å². The molecule has 4 nitrogen and oxygen atoms in total. The maximum Gasteiger partial charge on any atom is 0.319 e. The summed E-state index contributed by atoms with van der Waals surface area (Å²) < 4.78 is 0. The van der Waals surface area contributed by atoms with Gasteiger partial charge in [-0.3, -0.25) is 0 Å². The zero-order valence-corrected chi connectivity index (χ0v) is 7.42. The molecule has 0 aliphatic carbocycles. The van der Waals surface area contributed by atoms with Crippen molar-refractivity contribution in [3.05, 3.63) is 0 Å². The van der Waals surface area contributed by atoms with Gasteiger partial charge < -0.3 is 15.1 Å². The highest BCUT2D eigenvalue weighted by atomic mass is 16.2. The van der Waals surface area contributed by atoms with Crippen molar-refractivity contribution in [1.29, 1.82) is 0 Å². The predicted octanol–water partition coefficient (Wildman–Crippen LogP) is -0.427. The van der Waals surface area contributed by atoms with Crippen molar-refractivity contribution < 1.29 is 4.79 Å². The van der Waals surface area contributed by atoms with Crippen LogP contribution in [0.2, 0.25) is 0 Å². The largest absolute Gasteiger partial charge is 0.326 e. The van der Waals surface area contributed by atoms with Crippen LogP contribution in [-0.2, 0) is 0 Å². The topological polar surface area (TPSA) is 35.6 Å². The maximum absolute atomic E-state index is 11.4. The summed E-state index contributed by atoms with van der Waals surface area (Å²) >= 11 is 0. The molecule has 0 aromatic carbocycles. The van der Waals surface area contributed by atoms with Gasteiger partial charge in [0, 0.05) is 45.7 Å². The molecule has 12 heavy (non-hydrogen) atoms. The molecule has 0 unspecified atom stereocenters. The third-order valence-electron chi connectivity index (χ3n) is 2.65. The lowest BCUT2D eigenvalue weighted by atomic mass is 10.0. The minimum absolute atomic E-state index is 0.196. The minimum Gasteiger partial charge on any atom is -0.326 e. The molecule has 0 radical (unpaired) electrons. The highest BCUT2D eigenvalue weighted by Crippen LogP contribution is 2.11. The Morgan fingerprint density at radius 1 is 1.50 bits per heavy atom. The van der Waals surface area contributed by atoms with Crippen LogP contribution in [0.15, 0.2) is 0 Å². The molecule has 0 bridgehead atoms. The van der Waals surface area contributed by atoms with Gasteiger partial charge in [0.15, 0.2) is 0 Å². The lowest BCUT2D eigenvalue weighted by Crippen LogP contribution is -2.48. The first kappa shape index (κ1) is 7.86. The number of nitrogens with one attached hydrogen (secondary N) is 1. The summed E-state index contributed by atoms with van der Waals surface area (Å²) in [6.07, 6.45) is 0. The third kappa shape index (κ3) is 1.27. The van der Waals surface area contributed by atoms with E-state index in [0.717, 1.165) is 32.7 Å². The Hall–Kier alpha value is -0.770. The first-order valence-corrected chi connectivity index (χ1v) is 4.48. The van der Waals surface area contributed by atoms with Gasteiger partial charge in [-0.2, -0.15) is 0 Å². The monoisotopic (exact) mass is 169 g/mol. The second-order valence-electron chi connectivity index (χ2n) is 3.67. The van der Waals surface area contributed by atoms with E-state index in [4.69, 9.17) is 0 Å². The average molecular weight is 169 g/mol. The number of hydrogen-bond donors (Lipinski definition) is 1. The number of amides is 2. The fourth-order valence-corrected chi connectivity index (χ4v) is 1.66. The van der Waals surface area contributed by atoms with E-state index >= 15 is 0 Å². The van der Waals surface area contributed by atoms with Crippen molar-refractivity contribution in [2.24, 2.45) is 5.92 Å². The van der Waals surface area contributed by atoms with E-state index in [9.17, 15) is 4.79 Å². The summed E-state index contributed by atoms with van der Waals surface area (Å²) in [6.45, 7) is 4.89. The second-order valence-corrected chi connectivity index (χ2v) is 3.67. The normalized spacial score (nSPS) is 24.9. The molecule has 2 aliphatic heterocycles. The lowest BCUT2D eigenvalue weighted by molar-refractivity contribution is 0.182. The lowest BCUT2D eigenvalue weighted by Gasteiger charge is -2.30. The van der Waals surface area contributed by atoms with Gasteiger partial charge >= 0.3 is 6.03 Å². The summed E-state index contributed by atoms with van der Waals surface area (Å²) in [5.74, 6) is 0.695. The number of hydrogen-bond acceptors (Lipinski definition) is 2.